The maximum Gasteiger partial charge on any atom is 0.410 e. The third kappa shape index (κ3) is 4.08. The van der Waals surface area contributed by atoms with Crippen LogP contribution in [0.1, 0.15) is 58.7 Å². The Hall–Kier alpha value is -3.69. The number of imide groups is 1. The molecule has 3 heterocycles. The van der Waals surface area contributed by atoms with Crippen molar-refractivity contribution in [1.82, 2.24) is 19.7 Å². The van der Waals surface area contributed by atoms with E-state index in [2.05, 4.69) is 5.10 Å². The molecule has 2 aliphatic heterocycles. The predicted molar refractivity (Wildman–Crippen MR) is 115 cm³/mol. The van der Waals surface area contributed by atoms with Crippen LogP contribution in [0.4, 0.5) is 4.79 Å². The standard InChI is InChI=1S/C23H26N4O6/c1-13-16(10-24-25(13)5)17-11-26(22(31)32-23(2,3)4)12-18(17)21(30)33-27-19(28)14-8-6-7-9-15(14)20(27)29/h6-10,17-18H,11-12H2,1-5H3/t17-,18+/m0/s1. The highest BCUT2D eigenvalue weighted by Crippen LogP contribution is 2.36. The van der Waals surface area contributed by atoms with E-state index < -0.39 is 41.3 Å². The van der Waals surface area contributed by atoms with E-state index in [1.807, 2.05) is 6.92 Å². The number of carbonyl (C=O) groups is 4. The van der Waals surface area contributed by atoms with Gasteiger partial charge in [-0.25, -0.2) is 9.59 Å². The van der Waals surface area contributed by atoms with Gasteiger partial charge >= 0.3 is 12.1 Å². The molecule has 174 valence electrons. The zero-order valence-electron chi connectivity index (χ0n) is 19.2. The molecule has 2 atom stereocenters. The molecule has 2 aromatic rings. The fraction of sp³-hybridized carbons (Fsp3) is 0.435. The van der Waals surface area contributed by atoms with Crippen LogP contribution >= 0.6 is 0 Å². The highest BCUT2D eigenvalue weighted by molar-refractivity contribution is 6.20. The number of hydroxylamine groups is 2. The summed E-state index contributed by atoms with van der Waals surface area (Å²) in [5, 5.41) is 4.75. The number of benzene rings is 1. The van der Waals surface area contributed by atoms with Crippen molar-refractivity contribution in [3.63, 3.8) is 0 Å². The van der Waals surface area contributed by atoms with Gasteiger partial charge in [0.1, 0.15) is 5.60 Å². The number of likely N-dealkylation sites (tertiary alicyclic amines) is 1. The van der Waals surface area contributed by atoms with E-state index in [1.165, 1.54) is 17.0 Å². The van der Waals surface area contributed by atoms with Crippen LogP contribution < -0.4 is 0 Å². The third-order valence-corrected chi connectivity index (χ3v) is 5.89. The summed E-state index contributed by atoms with van der Waals surface area (Å²) in [6.45, 7) is 7.39. The summed E-state index contributed by atoms with van der Waals surface area (Å²) < 4.78 is 7.15. The molecule has 0 saturated carbocycles. The Morgan fingerprint density at radius 2 is 1.67 bits per heavy atom. The van der Waals surface area contributed by atoms with Crippen LogP contribution in [0, 0.1) is 12.8 Å². The van der Waals surface area contributed by atoms with Crippen molar-refractivity contribution in [3.05, 3.63) is 52.8 Å². The van der Waals surface area contributed by atoms with Gasteiger partial charge in [-0.15, -0.1) is 0 Å². The predicted octanol–water partition coefficient (Wildman–Crippen LogP) is 2.43. The largest absolute Gasteiger partial charge is 0.444 e. The number of aryl methyl sites for hydroxylation is 1. The van der Waals surface area contributed by atoms with E-state index in [4.69, 9.17) is 9.57 Å². The lowest BCUT2D eigenvalue weighted by molar-refractivity contribution is -0.173. The molecule has 3 amide bonds. The summed E-state index contributed by atoms with van der Waals surface area (Å²) in [5.74, 6) is -3.41. The summed E-state index contributed by atoms with van der Waals surface area (Å²) in [5.41, 5.74) is 1.28. The summed E-state index contributed by atoms with van der Waals surface area (Å²) in [4.78, 5) is 57.9. The SMILES string of the molecule is Cc1c([C@@H]2CN(C(=O)OC(C)(C)C)C[C@H]2C(=O)ON2C(=O)c3ccccc3C2=O)cnn1C. The van der Waals surface area contributed by atoms with Crippen LogP contribution in [0.25, 0.3) is 0 Å². The van der Waals surface area contributed by atoms with E-state index in [9.17, 15) is 19.2 Å². The first-order chi connectivity index (χ1) is 15.5. The van der Waals surface area contributed by atoms with Gasteiger partial charge in [-0.2, -0.15) is 5.10 Å². The fourth-order valence-electron chi connectivity index (χ4n) is 4.12. The van der Waals surface area contributed by atoms with Gasteiger partial charge in [-0.3, -0.25) is 14.3 Å². The molecule has 4 rings (SSSR count). The van der Waals surface area contributed by atoms with E-state index in [1.54, 1.807) is 50.8 Å². The first kappa shape index (κ1) is 22.5. The molecule has 0 aliphatic carbocycles. The summed E-state index contributed by atoms with van der Waals surface area (Å²) >= 11 is 0. The zero-order valence-corrected chi connectivity index (χ0v) is 19.2. The Balaban J connectivity index is 1.58. The first-order valence-corrected chi connectivity index (χ1v) is 10.6. The van der Waals surface area contributed by atoms with E-state index in [0.29, 0.717) is 5.06 Å². The van der Waals surface area contributed by atoms with Crippen molar-refractivity contribution < 1.29 is 28.8 Å². The highest BCUT2D eigenvalue weighted by Gasteiger charge is 2.46. The number of fused-ring (bicyclic) bond motifs is 1. The molecule has 33 heavy (non-hydrogen) atoms. The van der Waals surface area contributed by atoms with Crippen molar-refractivity contribution >= 4 is 23.9 Å². The first-order valence-electron chi connectivity index (χ1n) is 10.6. The molecule has 10 heteroatoms. The molecule has 1 aromatic heterocycles. The van der Waals surface area contributed by atoms with Crippen LogP contribution in [0.3, 0.4) is 0 Å². The monoisotopic (exact) mass is 454 g/mol. The molecule has 10 nitrogen and oxygen atoms in total. The van der Waals surface area contributed by atoms with Crippen LogP contribution in [-0.2, 0) is 21.4 Å². The lowest BCUT2D eigenvalue weighted by Gasteiger charge is -2.24. The second kappa shape index (κ2) is 8.02. The Bertz CT molecular complexity index is 1110. The number of nitrogens with zero attached hydrogens (tertiary/aromatic N) is 4. The molecule has 1 fully saturated rings. The van der Waals surface area contributed by atoms with Gasteiger partial charge in [-0.05, 0) is 45.4 Å². The molecule has 0 N–H and O–H groups in total. The number of ether oxygens (including phenoxy) is 1. The zero-order chi connectivity index (χ0) is 24.1. The van der Waals surface area contributed by atoms with Crippen LogP contribution in [0.5, 0.6) is 0 Å². The molecule has 2 aliphatic rings. The Labute approximate surface area is 191 Å². The molecular formula is C23H26N4O6. The van der Waals surface area contributed by atoms with Crippen molar-refractivity contribution in [1.29, 1.82) is 0 Å². The number of carbonyl (C=O) groups excluding carboxylic acids is 4. The summed E-state index contributed by atoms with van der Waals surface area (Å²) in [7, 11) is 1.78. The number of aromatic nitrogens is 2. The quantitative estimate of drug-likeness (QED) is 0.655. The lowest BCUT2D eigenvalue weighted by Crippen LogP contribution is -2.38. The van der Waals surface area contributed by atoms with Gasteiger partial charge < -0.3 is 14.5 Å². The Kier molecular flexibility index (Phi) is 5.47. The molecule has 0 unspecified atom stereocenters. The van der Waals surface area contributed by atoms with Gasteiger partial charge in [-0.1, -0.05) is 17.2 Å². The maximum atomic E-state index is 13.2. The molecule has 0 bridgehead atoms. The summed E-state index contributed by atoms with van der Waals surface area (Å²) in [6, 6.07) is 6.27. The number of hydrogen-bond donors (Lipinski definition) is 0. The van der Waals surface area contributed by atoms with Gasteiger partial charge in [0.05, 0.1) is 23.2 Å². The minimum Gasteiger partial charge on any atom is -0.444 e. The lowest BCUT2D eigenvalue weighted by atomic mass is 9.89. The number of rotatable bonds is 3. The average Bonchev–Trinajstić information content (AvgIpc) is 3.39. The van der Waals surface area contributed by atoms with Crippen LogP contribution in [0.15, 0.2) is 30.5 Å². The number of amides is 3. The van der Waals surface area contributed by atoms with Crippen molar-refractivity contribution in [2.24, 2.45) is 13.0 Å². The molecular weight excluding hydrogens is 428 g/mol. The van der Waals surface area contributed by atoms with Gasteiger partial charge in [0.15, 0.2) is 0 Å². The van der Waals surface area contributed by atoms with Crippen molar-refractivity contribution in [2.75, 3.05) is 13.1 Å². The molecule has 0 radical (unpaired) electrons. The van der Waals surface area contributed by atoms with Crippen molar-refractivity contribution in [2.45, 2.75) is 39.2 Å². The van der Waals surface area contributed by atoms with Crippen molar-refractivity contribution in [3.8, 4) is 0 Å². The van der Waals surface area contributed by atoms with Gasteiger partial charge in [0, 0.05) is 31.7 Å². The number of hydrogen-bond acceptors (Lipinski definition) is 7. The summed E-state index contributed by atoms with van der Waals surface area (Å²) in [6.07, 6.45) is 1.10. The topological polar surface area (TPSA) is 111 Å². The minimum absolute atomic E-state index is 0.0237. The third-order valence-electron chi connectivity index (χ3n) is 5.89. The van der Waals surface area contributed by atoms with E-state index >= 15 is 0 Å². The molecule has 1 aromatic carbocycles. The smallest absolute Gasteiger partial charge is 0.410 e. The molecule has 1 saturated heterocycles. The Morgan fingerprint density at radius 3 is 2.18 bits per heavy atom. The Morgan fingerprint density at radius 1 is 1.06 bits per heavy atom. The second-order valence-corrected chi connectivity index (χ2v) is 9.27. The fourth-order valence-corrected chi connectivity index (χ4v) is 4.12. The highest BCUT2D eigenvalue weighted by atomic mass is 16.7. The van der Waals surface area contributed by atoms with Gasteiger partial charge in [0.2, 0.25) is 0 Å². The van der Waals surface area contributed by atoms with Crippen LogP contribution in [0.2, 0.25) is 0 Å². The maximum absolute atomic E-state index is 13.2. The van der Waals surface area contributed by atoms with E-state index in [-0.39, 0.29) is 24.2 Å². The van der Waals surface area contributed by atoms with Gasteiger partial charge in [0.25, 0.3) is 11.8 Å². The molecule has 0 spiro atoms. The van der Waals surface area contributed by atoms with Crippen LogP contribution in [-0.4, -0.2) is 62.3 Å². The van der Waals surface area contributed by atoms with E-state index in [0.717, 1.165) is 11.3 Å². The normalized spacial score (nSPS) is 20.3. The average molecular weight is 454 g/mol. The second-order valence-electron chi connectivity index (χ2n) is 9.27. The minimum atomic E-state index is -0.815.